The Bertz CT molecular complexity index is 847. The van der Waals surface area contributed by atoms with Gasteiger partial charge in [-0.15, -0.1) is 0 Å². The van der Waals surface area contributed by atoms with Crippen molar-refractivity contribution in [3.05, 3.63) is 84.9 Å². The first-order chi connectivity index (χ1) is 11.3. The molecule has 0 heterocycles. The van der Waals surface area contributed by atoms with Crippen LogP contribution in [0.15, 0.2) is 99.6 Å². The van der Waals surface area contributed by atoms with E-state index in [1.54, 1.807) is 0 Å². The molecule has 1 nitrogen and oxygen atoms in total. The highest BCUT2D eigenvalue weighted by Crippen LogP contribution is 2.95. The Balaban J connectivity index is 2.55. The Morgan fingerprint density at radius 3 is 1.50 bits per heavy atom. The third-order valence-corrected chi connectivity index (χ3v) is 12.4. The summed E-state index contributed by atoms with van der Waals surface area (Å²) < 4.78 is 11.9. The van der Waals surface area contributed by atoms with E-state index in [4.69, 9.17) is 0 Å². The van der Waals surface area contributed by atoms with E-state index in [2.05, 4.69) is 73.4 Å². The summed E-state index contributed by atoms with van der Waals surface area (Å²) in [6.07, 6.45) is 7.07. The summed E-state index contributed by atoms with van der Waals surface area (Å²) in [4.78, 5) is 3.71. The van der Waals surface area contributed by atoms with Crippen LogP contribution in [0.4, 0.5) is 0 Å². The molecule has 0 saturated carbocycles. The van der Waals surface area contributed by atoms with Crippen LogP contribution in [-0.2, 0) is 4.57 Å². The average molecular weight is 354 g/mol. The maximum Gasteiger partial charge on any atom is 0.193 e. The van der Waals surface area contributed by atoms with Crippen molar-refractivity contribution in [3.63, 3.8) is 0 Å². The lowest BCUT2D eigenvalue weighted by Crippen LogP contribution is -2.36. The molecule has 3 aromatic rings. The zero-order chi connectivity index (χ0) is 17.3. The molecule has 0 aromatic heterocycles. The van der Waals surface area contributed by atoms with Crippen molar-refractivity contribution >= 4 is 22.1 Å². The van der Waals surface area contributed by atoms with E-state index >= 15 is 0 Å². The molecule has 0 atom stereocenters. The molecule has 3 aromatic carbocycles. The summed E-state index contributed by atoms with van der Waals surface area (Å²) in [5, 5.41) is 0.861. The maximum atomic E-state index is 11.9. The van der Waals surface area contributed by atoms with Crippen LogP contribution in [0, 0.1) is 0 Å². The Morgan fingerprint density at radius 2 is 1.04 bits per heavy atom. The van der Waals surface area contributed by atoms with Crippen molar-refractivity contribution < 1.29 is 4.57 Å². The van der Waals surface area contributed by atoms with Gasteiger partial charge in [0.2, 0.25) is 0 Å². The fraction of sp³-hybridized carbons (Fsp3) is 0.143. The zero-order valence-electron chi connectivity index (χ0n) is 14.3. The van der Waals surface area contributed by atoms with Gasteiger partial charge in [0, 0.05) is 0 Å². The Morgan fingerprint density at radius 1 is 0.625 bits per heavy atom. The van der Waals surface area contributed by atoms with Crippen molar-refractivity contribution in [2.24, 2.45) is 0 Å². The second-order valence-electron chi connectivity index (χ2n) is 7.55. The predicted molar refractivity (Wildman–Crippen MR) is 107 cm³/mol. The number of benzene rings is 3. The first kappa shape index (κ1) is 17.0. The third-order valence-electron chi connectivity index (χ3n) is 5.22. The average Bonchev–Trinajstić information content (AvgIpc) is 2.63. The van der Waals surface area contributed by atoms with Crippen molar-refractivity contribution in [1.82, 2.24) is 0 Å². The summed E-state index contributed by atoms with van der Waals surface area (Å²) in [7, 11) is -3.06. The first-order valence-electron chi connectivity index (χ1n) is 7.89. The van der Waals surface area contributed by atoms with Gasteiger partial charge in [-0.3, -0.25) is 4.57 Å². The van der Waals surface area contributed by atoms with Crippen LogP contribution in [-0.4, -0.2) is 18.8 Å². The van der Waals surface area contributed by atoms with Crippen LogP contribution < -0.4 is 5.30 Å². The van der Waals surface area contributed by atoms with E-state index < -0.39 is 8.29 Å². The molecular formula is C21H23OPS. The van der Waals surface area contributed by atoms with E-state index in [0.29, 0.717) is 0 Å². The highest BCUT2D eigenvalue weighted by atomic mass is 32.4. The monoisotopic (exact) mass is 354 g/mol. The van der Waals surface area contributed by atoms with Gasteiger partial charge in [0.05, 0.1) is 5.30 Å². The molecule has 124 valence electrons. The van der Waals surface area contributed by atoms with E-state index in [0.717, 1.165) is 10.2 Å². The van der Waals surface area contributed by atoms with Gasteiger partial charge in [0.25, 0.3) is 0 Å². The molecule has 0 amide bonds. The smallest absolute Gasteiger partial charge is 0.193 e. The van der Waals surface area contributed by atoms with Crippen molar-refractivity contribution in [3.8, 4) is 0 Å². The summed E-state index contributed by atoms with van der Waals surface area (Å²) in [6, 6.07) is 29.4. The summed E-state index contributed by atoms with van der Waals surface area (Å²) in [6.45, 7) is 0. The fourth-order valence-electron chi connectivity index (χ4n) is 3.54. The van der Waals surface area contributed by atoms with Crippen molar-refractivity contribution in [2.45, 2.75) is 14.7 Å². The highest BCUT2D eigenvalue weighted by Gasteiger charge is 2.53. The van der Waals surface area contributed by atoms with Crippen molar-refractivity contribution in [1.29, 1.82) is 0 Å². The van der Waals surface area contributed by atoms with Gasteiger partial charge in [-0.05, 0) is 45.6 Å². The van der Waals surface area contributed by atoms with Gasteiger partial charge in [-0.25, -0.2) is 8.29 Å². The number of rotatable bonds is 4. The molecule has 24 heavy (non-hydrogen) atoms. The van der Waals surface area contributed by atoms with Gasteiger partial charge in [0.1, 0.15) is 0 Å². The van der Waals surface area contributed by atoms with Gasteiger partial charge in [-0.1, -0.05) is 72.8 Å². The van der Waals surface area contributed by atoms with Gasteiger partial charge in [0.15, 0.2) is 8.46 Å². The van der Waals surface area contributed by atoms with Crippen LogP contribution in [0.5, 0.6) is 0 Å². The molecule has 0 bridgehead atoms. The fourth-order valence-corrected chi connectivity index (χ4v) is 9.86. The molecule has 0 aliphatic carbocycles. The number of hydrogen-bond acceptors (Lipinski definition) is 1. The maximum absolute atomic E-state index is 11.9. The minimum absolute atomic E-state index is 0.0607. The molecular weight excluding hydrogens is 331 g/mol. The van der Waals surface area contributed by atoms with Gasteiger partial charge < -0.3 is 0 Å². The van der Waals surface area contributed by atoms with E-state index in [1.807, 2.05) is 30.3 Å². The summed E-state index contributed by atoms with van der Waals surface area (Å²) in [5.41, 5.74) is 0. The van der Waals surface area contributed by atoms with Crippen LogP contribution in [0.1, 0.15) is 0 Å². The molecule has 0 radical (unpaired) electrons. The highest BCUT2D eigenvalue weighted by molar-refractivity contribution is 8.63. The van der Waals surface area contributed by atoms with E-state index in [-0.39, 0.29) is 8.46 Å². The second-order valence-corrected chi connectivity index (χ2v) is 16.3. The lowest BCUT2D eigenvalue weighted by Gasteiger charge is -2.73. The molecule has 0 fully saturated rings. The van der Waals surface area contributed by atoms with Gasteiger partial charge in [-0.2, -0.15) is 0 Å². The van der Waals surface area contributed by atoms with Crippen LogP contribution in [0.3, 0.4) is 0 Å². The summed E-state index contributed by atoms with van der Waals surface area (Å²) in [5.74, 6) is 0. The second kappa shape index (κ2) is 5.31. The predicted octanol–water partition coefficient (Wildman–Crippen LogP) is 5.85. The topological polar surface area (TPSA) is 17.1 Å². The Hall–Kier alpha value is -1.89. The quantitative estimate of drug-likeness (QED) is 0.537. The van der Waals surface area contributed by atoms with Gasteiger partial charge >= 0.3 is 0 Å². The SMILES string of the molecule is CS(C)(C)(c1ccccc1)(c1ccccc1)c1ccccc1P=O. The minimum Gasteiger partial charge on any atom is -0.269 e. The number of hydrogen-bond donors (Lipinski definition) is 0. The molecule has 0 aliphatic rings. The molecule has 0 N–H and O–H groups in total. The van der Waals surface area contributed by atoms with Crippen LogP contribution >= 0.6 is 16.8 Å². The van der Waals surface area contributed by atoms with E-state index in [1.165, 1.54) is 9.79 Å². The van der Waals surface area contributed by atoms with E-state index in [9.17, 15) is 4.57 Å². The molecule has 0 saturated heterocycles. The molecule has 3 heteroatoms. The minimum atomic E-state index is -3.12. The molecule has 3 rings (SSSR count). The lowest BCUT2D eigenvalue weighted by atomic mass is 10.3. The Kier molecular flexibility index (Phi) is 3.75. The third kappa shape index (κ3) is 2.25. The lowest BCUT2D eigenvalue weighted by molar-refractivity contribution is 0.603. The van der Waals surface area contributed by atoms with Crippen molar-refractivity contribution in [2.75, 3.05) is 18.8 Å². The summed E-state index contributed by atoms with van der Waals surface area (Å²) >= 11 is 0. The van der Waals surface area contributed by atoms with Crippen LogP contribution in [0.2, 0.25) is 0 Å². The van der Waals surface area contributed by atoms with Crippen LogP contribution in [0.25, 0.3) is 0 Å². The Labute approximate surface area is 145 Å². The largest absolute Gasteiger partial charge is 0.269 e. The standard InChI is InChI=1S/C21H23OPS/c1-24(2,3,18-12-6-4-7-13-18,19-14-8-5-9-15-19)21-17-11-10-16-20(21)23-22/h4-17H,1-3H3. The zero-order valence-corrected chi connectivity index (χ0v) is 16.1. The molecule has 0 spiro atoms. The molecule has 0 aliphatic heterocycles. The molecule has 0 unspecified atom stereocenters. The first-order valence-corrected chi connectivity index (χ1v) is 12.4. The normalized spacial score (nSPS) is 14.8.